The Morgan fingerprint density at radius 1 is 0.758 bits per heavy atom. The third kappa shape index (κ3) is 22.2. The van der Waals surface area contributed by atoms with E-state index in [4.69, 9.17) is 20.4 Å². The molecule has 534 valence electrons. The smallest absolute Gasteiger partial charge is 0.321 e. The summed E-state index contributed by atoms with van der Waals surface area (Å²) in [6.07, 6.45) is 0.284. The Morgan fingerprint density at radius 3 is 2.10 bits per heavy atom. The Bertz CT molecular complexity index is 4000. The normalized spacial score (nSPS) is 14.1. The molecule has 6 aromatic rings. The van der Waals surface area contributed by atoms with E-state index in [1.54, 1.807) is 64.9 Å². The van der Waals surface area contributed by atoms with Crippen molar-refractivity contribution in [3.05, 3.63) is 108 Å². The van der Waals surface area contributed by atoms with E-state index in [9.17, 15) is 61.8 Å². The van der Waals surface area contributed by atoms with Crippen LogP contribution in [-0.2, 0) is 56.7 Å². The number of sulfonamides is 1. The van der Waals surface area contributed by atoms with Gasteiger partial charge in [-0.1, -0.05) is 57.2 Å². The summed E-state index contributed by atoms with van der Waals surface area (Å²) in [5.74, 6) is -4.37. The number of amides is 11. The molecule has 1 aliphatic rings. The summed E-state index contributed by atoms with van der Waals surface area (Å²) < 4.78 is 36.9. The van der Waals surface area contributed by atoms with Crippen LogP contribution in [0, 0.1) is 5.92 Å². The molecule has 31 nitrogen and oxygen atoms in total. The molecular weight excluding hydrogens is 1300 g/mol. The standard InChI is InChI=1S/C67H91N17O14S/c1-10-28-69-64(92)71-45-18-15-20-47(35-45)99(96,97)79-46-19-14-17-42(34-46)50(37-56(87)88)75-65(93)70-43-24-26-44(27-25-43)72-66(94)82(9)33-32-80(7)30-31-81(8)38-55(86)73-51(36-53(68)85)63(91)83-29-16-23-52(83)61(89)77-57(41(3)4)62(90)78-60-58-59(48-21-12-13-22-49(48)74-60)84(40-67(5,6)95)54(76-58)39-98-11-2/h12-15,17-22,24-27,34-35,41,50-52,57,79,95H,10-11,16,23,28-33,36-40H2,1-9H3,(H2,68,85)(H,72,94)(H,73,86)(H,77,89)(H,87,88)(H2,69,71,92)(H2,70,75,93)(H,74,78,90)/t50-,51+,52+,57+/m1/s1. The number of aromatic nitrogens is 3. The van der Waals surface area contributed by atoms with E-state index in [0.29, 0.717) is 85.9 Å². The molecule has 1 fully saturated rings. The quantitative estimate of drug-likeness (QED) is 0.0252. The van der Waals surface area contributed by atoms with Crippen LogP contribution in [0.1, 0.15) is 91.1 Å². The van der Waals surface area contributed by atoms with Crippen LogP contribution in [-0.4, -0.2) is 204 Å². The van der Waals surface area contributed by atoms with Crippen molar-refractivity contribution in [3.63, 3.8) is 0 Å². The van der Waals surface area contributed by atoms with E-state index in [2.05, 4.69) is 47.3 Å². The number of hydrogen-bond donors (Lipinski definition) is 12. The molecule has 0 aliphatic carbocycles. The predicted molar refractivity (Wildman–Crippen MR) is 374 cm³/mol. The number of para-hydroxylation sites is 1. The van der Waals surface area contributed by atoms with Crippen LogP contribution in [0.2, 0.25) is 0 Å². The molecule has 11 amide bonds. The number of rotatable bonds is 34. The fraction of sp³-hybridized carbons (Fsp3) is 0.448. The SMILES string of the molecule is CCCNC(=O)Nc1cccc(S(=O)(=O)Nc2cccc([C@@H](CC(=O)O)NC(=O)Nc3ccc(NC(=O)N(C)CCN(C)CCN(C)CC(=O)N[C@@H](CC(N)=O)C(=O)N4CCC[C@H]4C(=O)N[C@H](C(=O)Nc4nc5ccccc5c5c4nc(COCC)n5CC(C)(C)O)C(C)C)cc3)c2)c1. The molecule has 7 rings (SSSR count). The molecule has 1 aliphatic heterocycles. The number of primary amides is 1. The minimum atomic E-state index is -4.19. The van der Waals surface area contributed by atoms with Crippen molar-refractivity contribution in [2.45, 2.75) is 121 Å². The van der Waals surface area contributed by atoms with E-state index in [1.807, 2.05) is 48.6 Å². The van der Waals surface area contributed by atoms with Gasteiger partial charge in [0.05, 0.1) is 53.5 Å². The number of hydrogen-bond acceptors (Lipinski definition) is 17. The van der Waals surface area contributed by atoms with Crippen LogP contribution >= 0.6 is 0 Å². The van der Waals surface area contributed by atoms with E-state index >= 15 is 0 Å². The maximum Gasteiger partial charge on any atom is 0.321 e. The van der Waals surface area contributed by atoms with Crippen LogP contribution in [0.25, 0.3) is 21.9 Å². The number of carboxylic acids is 1. The second-order valence-corrected chi connectivity index (χ2v) is 27.0. The predicted octanol–water partition coefficient (Wildman–Crippen LogP) is 5.02. The van der Waals surface area contributed by atoms with E-state index < -0.39 is 112 Å². The number of carboxylic acid groups (broad SMARTS) is 1. The topological polar surface area (TPSA) is 415 Å². The highest BCUT2D eigenvalue weighted by Gasteiger charge is 2.40. The lowest BCUT2D eigenvalue weighted by Crippen LogP contribution is -2.57. The van der Waals surface area contributed by atoms with Gasteiger partial charge in [0.2, 0.25) is 29.5 Å². The van der Waals surface area contributed by atoms with Gasteiger partial charge in [-0.05, 0) is 126 Å². The van der Waals surface area contributed by atoms with Crippen LogP contribution in [0.5, 0.6) is 0 Å². The van der Waals surface area contributed by atoms with Gasteiger partial charge in [-0.15, -0.1) is 0 Å². The molecule has 3 heterocycles. The number of anilines is 5. The third-order valence-corrected chi connectivity index (χ3v) is 17.4. The minimum Gasteiger partial charge on any atom is -0.481 e. The Labute approximate surface area is 574 Å². The molecule has 0 radical (unpaired) electrons. The van der Waals surface area contributed by atoms with Gasteiger partial charge in [0, 0.05) is 81.1 Å². The lowest BCUT2D eigenvalue weighted by atomic mass is 10.0. The van der Waals surface area contributed by atoms with Crippen molar-refractivity contribution in [2.75, 3.05) is 99.6 Å². The summed E-state index contributed by atoms with van der Waals surface area (Å²) in [6, 6.07) is 18.7. The Morgan fingerprint density at radius 2 is 1.42 bits per heavy atom. The van der Waals surface area contributed by atoms with E-state index in [0.717, 1.165) is 5.39 Å². The highest BCUT2D eigenvalue weighted by molar-refractivity contribution is 7.92. The Hall–Kier alpha value is -10.0. The van der Waals surface area contributed by atoms with Gasteiger partial charge in [0.15, 0.2) is 5.82 Å². The molecule has 4 aromatic carbocycles. The minimum absolute atomic E-state index is 0.0848. The van der Waals surface area contributed by atoms with Gasteiger partial charge in [-0.3, -0.25) is 38.4 Å². The van der Waals surface area contributed by atoms with Gasteiger partial charge < -0.3 is 82.5 Å². The average molecular weight is 1390 g/mol. The molecular formula is C67H91N17O14S. The number of nitrogens with zero attached hydrogens (tertiary/aromatic N) is 7. The van der Waals surface area contributed by atoms with Crippen molar-refractivity contribution in [3.8, 4) is 0 Å². The maximum atomic E-state index is 14.3. The first-order valence-electron chi connectivity index (χ1n) is 32.6. The molecule has 32 heteroatoms. The number of carbonyl (C=O) groups is 9. The molecule has 99 heavy (non-hydrogen) atoms. The number of nitrogens with one attached hydrogen (secondary N) is 9. The van der Waals surface area contributed by atoms with Crippen molar-refractivity contribution in [1.29, 1.82) is 0 Å². The maximum absolute atomic E-state index is 14.3. The zero-order valence-electron chi connectivity index (χ0n) is 57.1. The molecule has 0 spiro atoms. The van der Waals surface area contributed by atoms with Gasteiger partial charge in [-0.25, -0.2) is 32.8 Å². The summed E-state index contributed by atoms with van der Waals surface area (Å²) in [7, 11) is 0.953. The number of aliphatic carboxylic acids is 1. The fourth-order valence-corrected chi connectivity index (χ4v) is 12.0. The number of pyridine rings is 1. The number of imidazole rings is 1. The molecule has 2 aromatic heterocycles. The van der Waals surface area contributed by atoms with Gasteiger partial charge in [0.25, 0.3) is 10.0 Å². The van der Waals surface area contributed by atoms with Crippen molar-refractivity contribution in [1.82, 2.24) is 55.4 Å². The summed E-state index contributed by atoms with van der Waals surface area (Å²) in [4.78, 5) is 135. The van der Waals surface area contributed by atoms with Crippen molar-refractivity contribution >= 4 is 114 Å². The number of carbonyl (C=O) groups excluding carboxylic acids is 8. The summed E-state index contributed by atoms with van der Waals surface area (Å²) in [5.41, 5.74) is 7.30. The molecule has 1 saturated heterocycles. The highest BCUT2D eigenvalue weighted by atomic mass is 32.2. The van der Waals surface area contributed by atoms with Crippen molar-refractivity contribution < 1.29 is 66.5 Å². The number of fused-ring (bicyclic) bond motifs is 3. The van der Waals surface area contributed by atoms with Gasteiger partial charge in [-0.2, -0.15) is 0 Å². The zero-order valence-corrected chi connectivity index (χ0v) is 58.0. The number of likely N-dealkylation sites (N-methyl/N-ethyl adjacent to an activating group) is 3. The average Bonchev–Trinajstić information content (AvgIpc) is 1.63. The first-order chi connectivity index (χ1) is 46.9. The third-order valence-electron chi connectivity index (χ3n) is 16.0. The lowest BCUT2D eigenvalue weighted by Gasteiger charge is -2.30. The number of ether oxygens (including phenoxy) is 1. The summed E-state index contributed by atoms with van der Waals surface area (Å²) in [6.45, 7) is 13.3. The highest BCUT2D eigenvalue weighted by Crippen LogP contribution is 2.33. The van der Waals surface area contributed by atoms with E-state index in [-0.39, 0.29) is 60.3 Å². The molecule has 13 N–H and O–H groups in total. The molecule has 0 bridgehead atoms. The lowest BCUT2D eigenvalue weighted by molar-refractivity contribution is -0.143. The number of nitrogens with two attached hydrogens (primary N) is 1. The largest absolute Gasteiger partial charge is 0.481 e. The Balaban J connectivity index is 0.859. The first kappa shape index (κ1) is 76.3. The molecule has 0 saturated carbocycles. The number of urea groups is 3. The van der Waals surface area contributed by atoms with Crippen LogP contribution in [0.3, 0.4) is 0 Å². The monoisotopic (exact) mass is 1390 g/mol. The van der Waals surface area contributed by atoms with E-state index in [1.165, 1.54) is 70.5 Å². The zero-order chi connectivity index (χ0) is 72.3. The van der Waals surface area contributed by atoms with Gasteiger partial charge >= 0.3 is 24.1 Å². The van der Waals surface area contributed by atoms with Crippen LogP contribution in [0.15, 0.2) is 102 Å². The summed E-state index contributed by atoms with van der Waals surface area (Å²) in [5, 5.41) is 43.1. The fourth-order valence-electron chi connectivity index (χ4n) is 10.9. The second-order valence-electron chi connectivity index (χ2n) is 25.3. The van der Waals surface area contributed by atoms with Crippen molar-refractivity contribution in [2.24, 2.45) is 11.7 Å². The number of aliphatic hydroxyl groups is 1. The van der Waals surface area contributed by atoms with Gasteiger partial charge in [0.1, 0.15) is 36.1 Å². The second kappa shape index (κ2) is 35.0. The van der Waals surface area contributed by atoms with Crippen LogP contribution < -0.4 is 53.0 Å². The number of likely N-dealkylation sites (tertiary alicyclic amines) is 1. The Kier molecular flexibility index (Phi) is 27.0. The summed E-state index contributed by atoms with van der Waals surface area (Å²) >= 11 is 0. The number of benzene rings is 4. The van der Waals surface area contributed by atoms with Crippen LogP contribution in [0.4, 0.5) is 43.0 Å². The first-order valence-corrected chi connectivity index (χ1v) is 34.0. The molecule has 0 unspecified atom stereocenters. The molecule has 4 atom stereocenters.